The quantitative estimate of drug-likeness (QED) is 0.108. The van der Waals surface area contributed by atoms with Gasteiger partial charge in [-0.15, -0.1) is 4.74 Å². The van der Waals surface area contributed by atoms with Crippen LogP contribution in [0.15, 0.2) is 27.5 Å². The Bertz CT molecular complexity index is 1190. The van der Waals surface area contributed by atoms with Crippen molar-refractivity contribution < 1.29 is 24.5 Å². The Morgan fingerprint density at radius 1 is 1.12 bits per heavy atom. The Kier molecular flexibility index (Phi) is 14.1. The molecular formula is C30H47N3O7S. The molecule has 1 aromatic heterocycles. The number of hydrogen-bond donors (Lipinski definition) is 3. The highest BCUT2D eigenvalue weighted by Crippen LogP contribution is 2.36. The minimum absolute atomic E-state index is 0.0696. The van der Waals surface area contributed by atoms with Gasteiger partial charge in [-0.3, -0.25) is 19.7 Å². The van der Waals surface area contributed by atoms with Crippen LogP contribution in [0.4, 0.5) is 5.69 Å². The smallest absolute Gasteiger partial charge is 0.297 e. The molecule has 10 nitrogen and oxygen atoms in total. The Labute approximate surface area is 247 Å². The standard InChI is InChI=1S/C30H47N3O7S/c1-6-7-8-9-10-11-12-13-14-17-31-28(36)22-15-16-24(25(18-22)33(38)39)32-29(37)26(27(40-32)30(3,4)5)21(2)41-20-23(35)19-34/h15-16,18,21,23,34-35H,6-14,17,19-20H2,1-5H3,(H,31,36). The number of nitrogens with zero attached hydrogens (tertiary/aromatic N) is 2. The molecule has 0 bridgehead atoms. The van der Waals surface area contributed by atoms with Crippen molar-refractivity contribution in [3.05, 3.63) is 55.6 Å². The first kappa shape index (κ1) is 34.6. The summed E-state index contributed by atoms with van der Waals surface area (Å²) < 4.78 is 6.87. The molecule has 0 radical (unpaired) electrons. The molecule has 230 valence electrons. The van der Waals surface area contributed by atoms with E-state index >= 15 is 0 Å². The number of carbonyl (C=O) groups excluding carboxylic acids is 1. The van der Waals surface area contributed by atoms with Crippen molar-refractivity contribution in [1.29, 1.82) is 0 Å². The summed E-state index contributed by atoms with van der Waals surface area (Å²) in [5.74, 6) is 0.169. The van der Waals surface area contributed by atoms with E-state index < -0.39 is 45.5 Å². The van der Waals surface area contributed by atoms with Crippen molar-refractivity contribution in [2.24, 2.45) is 0 Å². The molecule has 41 heavy (non-hydrogen) atoms. The molecule has 0 aliphatic carbocycles. The fourth-order valence-electron chi connectivity index (χ4n) is 4.56. The highest BCUT2D eigenvalue weighted by Gasteiger charge is 2.33. The third-order valence-electron chi connectivity index (χ3n) is 6.90. The molecule has 2 atom stereocenters. The van der Waals surface area contributed by atoms with Crippen LogP contribution in [0.3, 0.4) is 0 Å². The number of benzene rings is 1. The molecule has 3 N–H and O–H groups in total. The summed E-state index contributed by atoms with van der Waals surface area (Å²) in [5.41, 5.74) is -1.15. The molecule has 2 unspecified atom stereocenters. The number of aliphatic hydroxyl groups is 2. The predicted octanol–water partition coefficient (Wildman–Crippen LogP) is 6.04. The van der Waals surface area contributed by atoms with Crippen molar-refractivity contribution in [1.82, 2.24) is 10.1 Å². The number of nitrogens with one attached hydrogen (secondary N) is 1. The van der Waals surface area contributed by atoms with Crippen molar-refractivity contribution in [3.63, 3.8) is 0 Å². The monoisotopic (exact) mass is 593 g/mol. The molecule has 0 saturated heterocycles. The van der Waals surface area contributed by atoms with Crippen molar-refractivity contribution in [2.45, 2.75) is 109 Å². The van der Waals surface area contributed by atoms with Gasteiger partial charge in [0.2, 0.25) is 0 Å². The fraction of sp³-hybridized carbons (Fsp3) is 0.667. The van der Waals surface area contributed by atoms with Gasteiger partial charge in [-0.2, -0.15) is 11.8 Å². The van der Waals surface area contributed by atoms with Gasteiger partial charge in [0.25, 0.3) is 17.2 Å². The second-order valence-electron chi connectivity index (χ2n) is 11.5. The minimum atomic E-state index is -0.935. The molecule has 0 fully saturated rings. The van der Waals surface area contributed by atoms with Gasteiger partial charge in [0, 0.05) is 34.6 Å². The van der Waals surface area contributed by atoms with E-state index in [-0.39, 0.29) is 17.0 Å². The third-order valence-corrected chi connectivity index (χ3v) is 8.21. The van der Waals surface area contributed by atoms with Crippen LogP contribution in [0.25, 0.3) is 5.69 Å². The van der Waals surface area contributed by atoms with Gasteiger partial charge < -0.3 is 20.1 Å². The first-order valence-electron chi connectivity index (χ1n) is 14.7. The maximum Gasteiger partial charge on any atom is 0.297 e. The predicted molar refractivity (Wildman–Crippen MR) is 163 cm³/mol. The van der Waals surface area contributed by atoms with Gasteiger partial charge in [-0.25, -0.2) is 0 Å². The molecular weight excluding hydrogens is 546 g/mol. The van der Waals surface area contributed by atoms with Crippen molar-refractivity contribution >= 4 is 23.4 Å². The maximum atomic E-state index is 13.5. The molecule has 1 heterocycles. The number of rotatable bonds is 18. The van der Waals surface area contributed by atoms with Crippen molar-refractivity contribution in [3.8, 4) is 5.69 Å². The van der Waals surface area contributed by atoms with E-state index in [4.69, 9.17) is 9.63 Å². The summed E-state index contributed by atoms with van der Waals surface area (Å²) in [6, 6.07) is 3.98. The number of amides is 1. The third kappa shape index (κ3) is 10.3. The summed E-state index contributed by atoms with van der Waals surface area (Å²) >= 11 is 1.28. The zero-order chi connectivity index (χ0) is 30.6. The second-order valence-corrected chi connectivity index (χ2v) is 12.9. The molecule has 2 aromatic rings. The number of aromatic nitrogens is 1. The zero-order valence-corrected chi connectivity index (χ0v) is 25.9. The fourth-order valence-corrected chi connectivity index (χ4v) is 5.55. The Morgan fingerprint density at radius 3 is 2.29 bits per heavy atom. The number of nitro groups is 1. The first-order chi connectivity index (χ1) is 19.4. The lowest BCUT2D eigenvalue weighted by atomic mass is 9.90. The SMILES string of the molecule is CCCCCCCCCCCNC(=O)c1ccc(-n2oc(C(C)(C)C)c(C(C)SCC(O)CO)c2=O)c([N+](=O)[O-])c1. The van der Waals surface area contributed by atoms with Gasteiger partial charge in [-0.05, 0) is 25.5 Å². The number of hydrogen-bond acceptors (Lipinski definition) is 8. The second kappa shape index (κ2) is 16.7. The van der Waals surface area contributed by atoms with Crippen LogP contribution in [0, 0.1) is 10.1 Å². The largest absolute Gasteiger partial charge is 0.394 e. The lowest BCUT2D eigenvalue weighted by molar-refractivity contribution is -0.384. The number of carbonyl (C=O) groups is 1. The van der Waals surface area contributed by atoms with Gasteiger partial charge >= 0.3 is 0 Å². The van der Waals surface area contributed by atoms with Gasteiger partial charge in [0.05, 0.1) is 23.2 Å². The lowest BCUT2D eigenvalue weighted by Gasteiger charge is -2.19. The number of unbranched alkanes of at least 4 members (excludes halogenated alkanes) is 8. The number of thioether (sulfide) groups is 1. The van der Waals surface area contributed by atoms with Crippen LogP contribution < -0.4 is 10.9 Å². The van der Waals surface area contributed by atoms with E-state index in [9.17, 15) is 24.8 Å². The number of aliphatic hydroxyl groups excluding tert-OH is 2. The van der Waals surface area contributed by atoms with E-state index in [0.29, 0.717) is 17.9 Å². The van der Waals surface area contributed by atoms with Crippen LogP contribution in [-0.4, -0.2) is 50.8 Å². The van der Waals surface area contributed by atoms with E-state index in [1.165, 1.54) is 68.5 Å². The van der Waals surface area contributed by atoms with Gasteiger partial charge in [0.1, 0.15) is 5.76 Å². The van der Waals surface area contributed by atoms with Crippen LogP contribution in [0.1, 0.15) is 119 Å². The zero-order valence-electron chi connectivity index (χ0n) is 25.1. The lowest BCUT2D eigenvalue weighted by Crippen LogP contribution is -2.25. The Hall–Kier alpha value is -2.63. The average Bonchev–Trinajstić information content (AvgIpc) is 3.29. The first-order valence-corrected chi connectivity index (χ1v) is 15.7. The van der Waals surface area contributed by atoms with Crippen LogP contribution in [0.2, 0.25) is 0 Å². The van der Waals surface area contributed by atoms with Crippen LogP contribution >= 0.6 is 11.8 Å². The van der Waals surface area contributed by atoms with Crippen LogP contribution in [-0.2, 0) is 5.41 Å². The van der Waals surface area contributed by atoms with E-state index in [0.717, 1.165) is 24.0 Å². The maximum absolute atomic E-state index is 13.5. The molecule has 0 aliphatic rings. The number of nitro benzene ring substituents is 1. The molecule has 1 amide bonds. The van der Waals surface area contributed by atoms with Gasteiger partial charge in [-0.1, -0.05) is 79.1 Å². The summed E-state index contributed by atoms with van der Waals surface area (Å²) in [6.07, 6.45) is 9.57. The summed E-state index contributed by atoms with van der Waals surface area (Å²) in [5, 5.41) is 33.3. The summed E-state index contributed by atoms with van der Waals surface area (Å²) in [6.45, 7) is 9.69. The molecule has 0 spiro atoms. The average molecular weight is 594 g/mol. The Balaban J connectivity index is 2.17. The molecule has 1 aromatic carbocycles. The van der Waals surface area contributed by atoms with Crippen LogP contribution in [0.5, 0.6) is 0 Å². The molecule has 11 heteroatoms. The Morgan fingerprint density at radius 2 is 1.73 bits per heavy atom. The van der Waals surface area contributed by atoms with Crippen molar-refractivity contribution in [2.75, 3.05) is 18.9 Å². The van der Waals surface area contributed by atoms with E-state index in [2.05, 4.69) is 12.2 Å². The molecule has 2 rings (SSSR count). The highest BCUT2D eigenvalue weighted by molar-refractivity contribution is 7.99. The molecule has 0 saturated carbocycles. The molecule has 0 aliphatic heterocycles. The van der Waals surface area contributed by atoms with E-state index in [1.54, 1.807) is 6.92 Å². The minimum Gasteiger partial charge on any atom is -0.394 e. The normalized spacial score (nSPS) is 13.2. The van der Waals surface area contributed by atoms with Gasteiger partial charge in [0.15, 0.2) is 5.69 Å². The summed E-state index contributed by atoms with van der Waals surface area (Å²) in [4.78, 5) is 37.7. The summed E-state index contributed by atoms with van der Waals surface area (Å²) in [7, 11) is 0. The highest BCUT2D eigenvalue weighted by atomic mass is 32.2. The van der Waals surface area contributed by atoms with E-state index in [1.807, 2.05) is 20.8 Å². The topological polar surface area (TPSA) is 148 Å².